The standard InChI is InChI=1S/C23H27.C12H8Si.2ClH.Zr/c1-5-7-18-14-20-10-9-19(8-6-2)23(22(20)15-18)21-12-16(3)11-17(4)13-21;1-3-7-11-9(5-1)10-6-2-4-8-12(10)13-11;;;/h9-15H,5-8H2,1-4H3;1-7,13H;2*1H;/q;;;;+2/p-2. The van der Waals surface area contributed by atoms with Gasteiger partial charge < -0.3 is 24.8 Å². The molecule has 0 saturated heterocycles. The van der Waals surface area contributed by atoms with Crippen LogP contribution in [0.5, 0.6) is 0 Å². The van der Waals surface area contributed by atoms with Crippen molar-refractivity contribution in [2.45, 2.75) is 57.0 Å². The van der Waals surface area contributed by atoms with E-state index in [4.69, 9.17) is 0 Å². The van der Waals surface area contributed by atoms with E-state index in [9.17, 15) is 0 Å². The molecule has 2 unspecified atom stereocenters. The molecule has 2 atom stereocenters. The van der Waals surface area contributed by atoms with Gasteiger partial charge in [0.2, 0.25) is 0 Å². The Balaban J connectivity index is 0.00000154. The summed E-state index contributed by atoms with van der Waals surface area (Å²) in [6.07, 6.45) is 7.51. The molecule has 0 saturated carbocycles. The molecule has 0 radical (unpaired) electrons. The summed E-state index contributed by atoms with van der Waals surface area (Å²) in [6.45, 7) is 9.20. The Kier molecular flexibility index (Phi) is 8.34. The SMILES string of the molecule is CCCC1=Cc2c(ccc(CCC)c2-c2cc(C)cc(C)c2)[CH]1[Zr+2]1[c]2cccc3c2[SiH]1c1ccccc1-3.[Cl-].[Cl-]. The zero-order valence-electron chi connectivity index (χ0n) is 23.2. The van der Waals surface area contributed by atoms with Gasteiger partial charge >= 0.3 is 232 Å². The molecule has 1 aliphatic carbocycles. The van der Waals surface area contributed by atoms with Crippen LogP contribution in [0.1, 0.15) is 64.6 Å². The van der Waals surface area contributed by atoms with Crippen molar-refractivity contribution < 1.29 is 45.7 Å². The summed E-state index contributed by atoms with van der Waals surface area (Å²) in [7, 11) is 0. The largest absolute Gasteiger partial charge is 1.00 e. The molecule has 0 amide bonds. The van der Waals surface area contributed by atoms with E-state index in [0.717, 1.165) is 10.0 Å². The van der Waals surface area contributed by atoms with E-state index in [0.29, 0.717) is 0 Å². The molecule has 197 valence electrons. The minimum atomic E-state index is -1.94. The Morgan fingerprint density at radius 3 is 2.23 bits per heavy atom. The average molecular weight is 646 g/mol. The van der Waals surface area contributed by atoms with E-state index in [1.807, 2.05) is 8.46 Å². The normalized spacial score (nSPS) is 17.3. The van der Waals surface area contributed by atoms with Crippen LogP contribution in [-0.4, -0.2) is 5.92 Å². The molecule has 4 aromatic rings. The molecule has 0 aromatic heterocycles. The fraction of sp³-hybridized carbons (Fsp3) is 0.257. The minimum absolute atomic E-state index is 0. The number of fused-ring (bicyclic) bond motifs is 4. The van der Waals surface area contributed by atoms with Crippen LogP contribution in [0.2, 0.25) is 0 Å². The van der Waals surface area contributed by atoms with Crippen LogP contribution in [0, 0.1) is 13.8 Å². The van der Waals surface area contributed by atoms with Gasteiger partial charge in [0, 0.05) is 0 Å². The molecule has 2 aliphatic heterocycles. The van der Waals surface area contributed by atoms with Crippen LogP contribution in [0.4, 0.5) is 0 Å². The van der Waals surface area contributed by atoms with E-state index in [1.54, 1.807) is 33.0 Å². The van der Waals surface area contributed by atoms with Crippen LogP contribution < -0.4 is 38.5 Å². The smallest absolute Gasteiger partial charge is 1.00 e. The summed E-state index contributed by atoms with van der Waals surface area (Å²) >= 11 is -1.94. The molecule has 2 heterocycles. The zero-order chi connectivity index (χ0) is 25.3. The second-order valence-corrected chi connectivity index (χ2v) is 26.4. The van der Waals surface area contributed by atoms with E-state index in [-0.39, 0.29) is 24.8 Å². The van der Waals surface area contributed by atoms with Gasteiger partial charge in [-0.1, -0.05) is 0 Å². The van der Waals surface area contributed by atoms with E-state index in [2.05, 4.69) is 107 Å². The van der Waals surface area contributed by atoms with Gasteiger partial charge in [0.05, 0.1) is 0 Å². The Morgan fingerprint density at radius 2 is 1.49 bits per heavy atom. The Labute approximate surface area is 255 Å². The molecule has 0 spiro atoms. The first-order valence-electron chi connectivity index (χ1n) is 14.1. The monoisotopic (exact) mass is 643 g/mol. The number of hydrogen-bond acceptors (Lipinski definition) is 0. The molecule has 7 rings (SSSR count). The molecule has 0 nitrogen and oxygen atoms in total. The van der Waals surface area contributed by atoms with Crippen molar-refractivity contribution in [3.05, 3.63) is 106 Å². The van der Waals surface area contributed by atoms with Crippen LogP contribution in [0.3, 0.4) is 0 Å². The fourth-order valence-electron chi connectivity index (χ4n) is 7.60. The number of aryl methyl sites for hydroxylation is 3. The Bertz CT molecular complexity index is 1580. The number of halogens is 2. The Morgan fingerprint density at radius 1 is 0.769 bits per heavy atom. The van der Waals surface area contributed by atoms with Crippen LogP contribution >= 0.6 is 0 Å². The van der Waals surface area contributed by atoms with Gasteiger partial charge in [-0.25, -0.2) is 0 Å². The van der Waals surface area contributed by atoms with Crippen molar-refractivity contribution in [2.75, 3.05) is 0 Å². The molecular weight excluding hydrogens is 611 g/mol. The molecule has 4 aromatic carbocycles. The molecule has 0 bridgehead atoms. The van der Waals surface area contributed by atoms with E-state index in [1.165, 1.54) is 47.1 Å². The number of allylic oxidation sites excluding steroid dienone is 1. The zero-order valence-corrected chi connectivity index (χ0v) is 28.4. The maximum Gasteiger partial charge on any atom is -1.00 e. The third-order valence-electron chi connectivity index (χ3n) is 8.84. The first kappa shape index (κ1) is 28.8. The quantitative estimate of drug-likeness (QED) is 0.274. The van der Waals surface area contributed by atoms with Crippen molar-refractivity contribution in [1.29, 1.82) is 0 Å². The number of hydrogen-bond donors (Lipinski definition) is 0. The molecule has 3 aliphatic rings. The molecular formula is C35H35Cl2SiZr. The first-order chi connectivity index (χ1) is 18.1. The maximum absolute atomic E-state index is 2.68. The first-order valence-corrected chi connectivity index (χ1v) is 22.8. The van der Waals surface area contributed by atoms with Gasteiger partial charge in [-0.05, 0) is 0 Å². The van der Waals surface area contributed by atoms with Crippen molar-refractivity contribution in [1.82, 2.24) is 0 Å². The van der Waals surface area contributed by atoms with Crippen LogP contribution in [0.25, 0.3) is 28.3 Å². The van der Waals surface area contributed by atoms with Gasteiger partial charge in [0.15, 0.2) is 0 Å². The van der Waals surface area contributed by atoms with E-state index >= 15 is 0 Å². The fourth-order valence-corrected chi connectivity index (χ4v) is 33.8. The van der Waals surface area contributed by atoms with Crippen molar-refractivity contribution in [3.8, 4) is 22.3 Å². The third kappa shape index (κ3) is 4.42. The second kappa shape index (κ2) is 11.3. The molecule has 0 N–H and O–H groups in total. The summed E-state index contributed by atoms with van der Waals surface area (Å²) in [5.74, 6) is -1.05. The molecule has 0 fully saturated rings. The second-order valence-electron chi connectivity index (χ2n) is 11.4. The van der Waals surface area contributed by atoms with Gasteiger partial charge in [-0.15, -0.1) is 0 Å². The topological polar surface area (TPSA) is 0 Å². The summed E-state index contributed by atoms with van der Waals surface area (Å²) in [4.78, 5) is 0. The number of benzene rings is 4. The molecule has 39 heavy (non-hydrogen) atoms. The minimum Gasteiger partial charge on any atom is -1.00 e. The summed E-state index contributed by atoms with van der Waals surface area (Å²) in [5.41, 5.74) is 15.4. The summed E-state index contributed by atoms with van der Waals surface area (Å²) in [5, 5.41) is 3.60. The van der Waals surface area contributed by atoms with Crippen molar-refractivity contribution in [2.24, 2.45) is 0 Å². The maximum atomic E-state index is 2.68. The predicted molar refractivity (Wildman–Crippen MR) is 159 cm³/mol. The van der Waals surface area contributed by atoms with Crippen LogP contribution in [-0.2, 0) is 27.3 Å². The van der Waals surface area contributed by atoms with Gasteiger partial charge in [-0.2, -0.15) is 0 Å². The predicted octanol–water partition coefficient (Wildman–Crippen LogP) is 0.945. The third-order valence-corrected chi connectivity index (χ3v) is 31.1. The Hall–Kier alpha value is -1.70. The van der Waals surface area contributed by atoms with Crippen LogP contribution in [0.15, 0.2) is 78.4 Å². The molecule has 4 heteroatoms. The van der Waals surface area contributed by atoms with Gasteiger partial charge in [0.1, 0.15) is 0 Å². The van der Waals surface area contributed by atoms with Crippen molar-refractivity contribution >= 4 is 25.6 Å². The summed E-state index contributed by atoms with van der Waals surface area (Å²) < 4.78 is 2.57. The van der Waals surface area contributed by atoms with Gasteiger partial charge in [-0.3, -0.25) is 0 Å². The van der Waals surface area contributed by atoms with Gasteiger partial charge in [0.25, 0.3) is 0 Å². The number of rotatable bonds is 6. The van der Waals surface area contributed by atoms with Crippen molar-refractivity contribution in [3.63, 3.8) is 0 Å². The average Bonchev–Trinajstić information content (AvgIpc) is 3.38. The summed E-state index contributed by atoms with van der Waals surface area (Å²) in [6, 6.07) is 29.0. The van der Waals surface area contributed by atoms with E-state index < -0.39 is 26.8 Å².